The lowest BCUT2D eigenvalue weighted by Gasteiger charge is -2.43. The van der Waals surface area contributed by atoms with E-state index in [9.17, 15) is 4.79 Å². The molecule has 2 N–H and O–H groups in total. The number of fused-ring (bicyclic) bond motifs is 1. The minimum Gasteiger partial charge on any atom is -0.358 e. The molecule has 1 heterocycles. The number of carbonyl (C=O) groups is 1. The normalized spacial score (nSPS) is 29.7. The monoisotopic (exact) mass is 287 g/mol. The van der Waals surface area contributed by atoms with Crippen LogP contribution in [0.5, 0.6) is 0 Å². The van der Waals surface area contributed by atoms with Crippen LogP contribution in [0.15, 0.2) is 24.3 Å². The SMILES string of the molecule is CNC(=O)C1CNCCN1C1CCC(C)c2ccccc21. The molecule has 1 amide bonds. The predicted molar refractivity (Wildman–Crippen MR) is 84.3 cm³/mol. The molecule has 4 heteroatoms. The molecule has 1 aromatic rings. The quantitative estimate of drug-likeness (QED) is 0.869. The number of carbonyl (C=O) groups excluding carboxylic acids is 1. The molecule has 4 nitrogen and oxygen atoms in total. The molecule has 0 saturated carbocycles. The average Bonchev–Trinajstić information content (AvgIpc) is 2.55. The van der Waals surface area contributed by atoms with Crippen LogP contribution in [0, 0.1) is 0 Å². The third kappa shape index (κ3) is 2.70. The van der Waals surface area contributed by atoms with Gasteiger partial charge in [-0.25, -0.2) is 0 Å². The van der Waals surface area contributed by atoms with Crippen molar-refractivity contribution in [2.75, 3.05) is 26.7 Å². The maximum atomic E-state index is 12.2. The fraction of sp³-hybridized carbons (Fsp3) is 0.588. The molecule has 3 unspecified atom stereocenters. The Morgan fingerprint density at radius 3 is 2.81 bits per heavy atom. The fourth-order valence-corrected chi connectivity index (χ4v) is 3.83. The molecular weight excluding hydrogens is 262 g/mol. The Morgan fingerprint density at radius 2 is 2.05 bits per heavy atom. The maximum absolute atomic E-state index is 12.2. The van der Waals surface area contributed by atoms with Gasteiger partial charge in [-0.3, -0.25) is 9.69 Å². The molecule has 21 heavy (non-hydrogen) atoms. The van der Waals surface area contributed by atoms with Gasteiger partial charge in [0, 0.05) is 32.7 Å². The average molecular weight is 287 g/mol. The van der Waals surface area contributed by atoms with Crippen molar-refractivity contribution in [1.82, 2.24) is 15.5 Å². The van der Waals surface area contributed by atoms with Gasteiger partial charge in [-0.1, -0.05) is 31.2 Å². The molecule has 2 aliphatic rings. The Hall–Kier alpha value is -1.39. The van der Waals surface area contributed by atoms with Crippen LogP contribution in [0.25, 0.3) is 0 Å². The molecule has 0 radical (unpaired) electrons. The van der Waals surface area contributed by atoms with Crippen molar-refractivity contribution in [3.63, 3.8) is 0 Å². The lowest BCUT2D eigenvalue weighted by molar-refractivity contribution is -0.127. The van der Waals surface area contributed by atoms with Gasteiger partial charge in [-0.2, -0.15) is 0 Å². The molecule has 0 bridgehead atoms. The van der Waals surface area contributed by atoms with Crippen molar-refractivity contribution in [1.29, 1.82) is 0 Å². The molecule has 1 saturated heterocycles. The first-order valence-electron chi connectivity index (χ1n) is 7.99. The molecule has 114 valence electrons. The maximum Gasteiger partial charge on any atom is 0.238 e. The summed E-state index contributed by atoms with van der Waals surface area (Å²) >= 11 is 0. The van der Waals surface area contributed by atoms with Crippen LogP contribution < -0.4 is 10.6 Å². The van der Waals surface area contributed by atoms with Crippen LogP contribution in [0.4, 0.5) is 0 Å². The van der Waals surface area contributed by atoms with E-state index < -0.39 is 0 Å². The minimum atomic E-state index is -0.0600. The molecule has 1 fully saturated rings. The van der Waals surface area contributed by atoms with E-state index in [4.69, 9.17) is 0 Å². The van der Waals surface area contributed by atoms with E-state index in [1.165, 1.54) is 17.5 Å². The van der Waals surface area contributed by atoms with E-state index in [2.05, 4.69) is 46.7 Å². The van der Waals surface area contributed by atoms with Crippen molar-refractivity contribution >= 4 is 5.91 Å². The topological polar surface area (TPSA) is 44.4 Å². The molecule has 0 aromatic heterocycles. The third-order valence-corrected chi connectivity index (χ3v) is 4.99. The number of rotatable bonds is 2. The van der Waals surface area contributed by atoms with Gasteiger partial charge in [0.05, 0.1) is 0 Å². The molecule has 1 aliphatic carbocycles. The van der Waals surface area contributed by atoms with Gasteiger partial charge in [0.2, 0.25) is 5.91 Å². The first kappa shape index (κ1) is 14.5. The zero-order chi connectivity index (χ0) is 14.8. The van der Waals surface area contributed by atoms with Gasteiger partial charge in [-0.05, 0) is 29.9 Å². The summed E-state index contributed by atoms with van der Waals surface area (Å²) in [6, 6.07) is 9.08. The van der Waals surface area contributed by atoms with Crippen molar-refractivity contribution in [2.45, 2.75) is 37.8 Å². The van der Waals surface area contributed by atoms with Crippen LogP contribution in [-0.4, -0.2) is 43.5 Å². The molecule has 1 aromatic carbocycles. The number of nitrogens with zero attached hydrogens (tertiary/aromatic N) is 1. The van der Waals surface area contributed by atoms with Crippen LogP contribution >= 0.6 is 0 Å². The Kier molecular flexibility index (Phi) is 4.27. The highest BCUT2D eigenvalue weighted by Gasteiger charge is 2.36. The van der Waals surface area contributed by atoms with Crippen molar-refractivity contribution in [2.24, 2.45) is 0 Å². The Morgan fingerprint density at radius 1 is 1.29 bits per heavy atom. The number of piperazine rings is 1. The van der Waals surface area contributed by atoms with E-state index in [1.807, 2.05) is 0 Å². The summed E-state index contributed by atoms with van der Waals surface area (Å²) in [4.78, 5) is 14.6. The van der Waals surface area contributed by atoms with E-state index in [-0.39, 0.29) is 11.9 Å². The molecular formula is C17H25N3O. The number of likely N-dealkylation sites (N-methyl/N-ethyl adjacent to an activating group) is 1. The highest BCUT2D eigenvalue weighted by Crippen LogP contribution is 2.41. The lowest BCUT2D eigenvalue weighted by atomic mass is 9.80. The first-order valence-corrected chi connectivity index (χ1v) is 7.99. The van der Waals surface area contributed by atoms with Crippen molar-refractivity contribution < 1.29 is 4.79 Å². The van der Waals surface area contributed by atoms with Crippen LogP contribution in [0.2, 0.25) is 0 Å². The van der Waals surface area contributed by atoms with Crippen molar-refractivity contribution in [3.05, 3.63) is 35.4 Å². The van der Waals surface area contributed by atoms with E-state index in [1.54, 1.807) is 7.05 Å². The van der Waals surface area contributed by atoms with Crippen molar-refractivity contribution in [3.8, 4) is 0 Å². The van der Waals surface area contributed by atoms with Crippen LogP contribution in [0.3, 0.4) is 0 Å². The van der Waals surface area contributed by atoms with Gasteiger partial charge in [0.25, 0.3) is 0 Å². The number of amides is 1. The Bertz CT molecular complexity index is 517. The highest BCUT2D eigenvalue weighted by molar-refractivity contribution is 5.82. The summed E-state index contributed by atoms with van der Waals surface area (Å²) < 4.78 is 0. The summed E-state index contributed by atoms with van der Waals surface area (Å²) in [5.41, 5.74) is 2.88. The second-order valence-corrected chi connectivity index (χ2v) is 6.20. The van der Waals surface area contributed by atoms with Gasteiger partial charge in [-0.15, -0.1) is 0 Å². The van der Waals surface area contributed by atoms with Crippen LogP contribution in [-0.2, 0) is 4.79 Å². The second kappa shape index (κ2) is 6.16. The number of benzene rings is 1. The summed E-state index contributed by atoms with van der Waals surface area (Å²) in [6.45, 7) is 4.95. The van der Waals surface area contributed by atoms with Gasteiger partial charge < -0.3 is 10.6 Å². The Balaban J connectivity index is 1.92. The summed E-state index contributed by atoms with van der Waals surface area (Å²) in [6.07, 6.45) is 2.34. The summed E-state index contributed by atoms with van der Waals surface area (Å²) in [5, 5.41) is 6.17. The first-order chi connectivity index (χ1) is 10.2. The fourth-order valence-electron chi connectivity index (χ4n) is 3.83. The van der Waals surface area contributed by atoms with Gasteiger partial charge in [0.15, 0.2) is 0 Å². The highest BCUT2D eigenvalue weighted by atomic mass is 16.2. The molecule has 3 atom stereocenters. The third-order valence-electron chi connectivity index (χ3n) is 4.99. The lowest BCUT2D eigenvalue weighted by Crippen LogP contribution is -2.58. The van der Waals surface area contributed by atoms with Gasteiger partial charge in [0.1, 0.15) is 6.04 Å². The number of hydrogen-bond donors (Lipinski definition) is 2. The van der Waals surface area contributed by atoms with Crippen LogP contribution in [0.1, 0.15) is 42.9 Å². The minimum absolute atomic E-state index is 0.0600. The molecule has 3 rings (SSSR count). The largest absolute Gasteiger partial charge is 0.358 e. The van der Waals surface area contributed by atoms with E-state index in [0.29, 0.717) is 12.0 Å². The van der Waals surface area contributed by atoms with E-state index >= 15 is 0 Å². The van der Waals surface area contributed by atoms with Gasteiger partial charge >= 0.3 is 0 Å². The van der Waals surface area contributed by atoms with E-state index in [0.717, 1.165) is 26.1 Å². The molecule has 0 spiro atoms. The smallest absolute Gasteiger partial charge is 0.238 e. The zero-order valence-electron chi connectivity index (χ0n) is 12.9. The number of hydrogen-bond acceptors (Lipinski definition) is 3. The standard InChI is InChI=1S/C17H25N3O/c1-12-7-8-15(14-6-4-3-5-13(12)14)20-10-9-19-11-16(20)17(21)18-2/h3-6,12,15-16,19H,7-11H2,1-2H3,(H,18,21). The predicted octanol–water partition coefficient (Wildman–Crippen LogP) is 1.64. The zero-order valence-corrected chi connectivity index (χ0v) is 12.9. The number of nitrogens with one attached hydrogen (secondary N) is 2. The Labute approximate surface area is 126 Å². The second-order valence-electron chi connectivity index (χ2n) is 6.20. The summed E-state index contributed by atoms with van der Waals surface area (Å²) in [7, 11) is 1.73. The summed E-state index contributed by atoms with van der Waals surface area (Å²) in [5.74, 6) is 0.747. The molecule has 1 aliphatic heterocycles.